The summed E-state index contributed by atoms with van der Waals surface area (Å²) < 4.78 is 0.683. The Labute approximate surface area is 155 Å². The van der Waals surface area contributed by atoms with E-state index in [1.165, 1.54) is 17.4 Å². The predicted molar refractivity (Wildman–Crippen MR) is 109 cm³/mol. The van der Waals surface area contributed by atoms with E-state index in [0.29, 0.717) is 4.32 Å². The molecular weight excluding hydrogens is 336 g/mol. The molecule has 24 heavy (non-hydrogen) atoms. The van der Waals surface area contributed by atoms with E-state index < -0.39 is 0 Å². The lowest BCUT2D eigenvalue weighted by molar-refractivity contribution is -0.122. The summed E-state index contributed by atoms with van der Waals surface area (Å²) in [7, 11) is 0. The number of carbonyl (C=O) groups excluding carboxylic acids is 1. The summed E-state index contributed by atoms with van der Waals surface area (Å²) >= 11 is 6.78. The number of carbonyl (C=O) groups is 1. The Morgan fingerprint density at radius 2 is 1.79 bits per heavy atom. The maximum absolute atomic E-state index is 12.5. The highest BCUT2D eigenvalue weighted by Gasteiger charge is 2.31. The Morgan fingerprint density at radius 1 is 1.12 bits per heavy atom. The minimum atomic E-state index is 0.0499. The van der Waals surface area contributed by atoms with Crippen molar-refractivity contribution < 1.29 is 4.79 Å². The number of unbranched alkanes of at least 4 members (excludes halogenated alkanes) is 2. The number of amides is 1. The zero-order valence-electron chi connectivity index (χ0n) is 14.7. The lowest BCUT2D eigenvalue weighted by atomic mass is 10.1. The van der Waals surface area contributed by atoms with Gasteiger partial charge >= 0.3 is 0 Å². The molecule has 1 aromatic rings. The average molecular weight is 363 g/mol. The zero-order chi connectivity index (χ0) is 17.5. The molecule has 2 rings (SSSR count). The number of rotatable bonds is 8. The van der Waals surface area contributed by atoms with E-state index in [4.69, 9.17) is 12.2 Å². The van der Waals surface area contributed by atoms with Gasteiger partial charge in [0.15, 0.2) is 0 Å². The fraction of sp³-hybridized carbons (Fsp3) is 0.474. The van der Waals surface area contributed by atoms with Crippen molar-refractivity contribution in [3.63, 3.8) is 0 Å². The molecule has 5 heteroatoms. The monoisotopic (exact) mass is 362 g/mol. The Kier molecular flexibility index (Phi) is 7.31. The fourth-order valence-electron chi connectivity index (χ4n) is 2.73. The van der Waals surface area contributed by atoms with Gasteiger partial charge in [-0.15, -0.1) is 0 Å². The van der Waals surface area contributed by atoms with Crippen molar-refractivity contribution in [3.05, 3.63) is 34.7 Å². The summed E-state index contributed by atoms with van der Waals surface area (Å²) in [6, 6.07) is 8.36. The number of hydrogen-bond donors (Lipinski definition) is 0. The van der Waals surface area contributed by atoms with E-state index in [9.17, 15) is 4.79 Å². The molecule has 130 valence electrons. The van der Waals surface area contributed by atoms with Crippen molar-refractivity contribution >= 4 is 46.0 Å². The van der Waals surface area contributed by atoms with Crippen molar-refractivity contribution in [1.29, 1.82) is 0 Å². The van der Waals surface area contributed by atoms with E-state index in [1.807, 2.05) is 6.08 Å². The standard InChI is InChI=1S/C19H26N2OS2/c1-4-7-8-13-21-18(22)17(24-19(21)23)14-15-9-11-16(12-10-15)20(5-2)6-3/h9-12,14H,4-8,13H2,1-3H3/b17-14-. The van der Waals surface area contributed by atoms with Gasteiger partial charge in [-0.3, -0.25) is 9.69 Å². The highest BCUT2D eigenvalue weighted by molar-refractivity contribution is 8.26. The minimum Gasteiger partial charge on any atom is -0.372 e. The first-order valence-electron chi connectivity index (χ1n) is 8.71. The van der Waals surface area contributed by atoms with E-state index in [0.717, 1.165) is 49.4 Å². The summed E-state index contributed by atoms with van der Waals surface area (Å²) in [5, 5.41) is 0. The maximum atomic E-state index is 12.5. The van der Waals surface area contributed by atoms with Gasteiger partial charge < -0.3 is 4.90 Å². The van der Waals surface area contributed by atoms with E-state index in [-0.39, 0.29) is 5.91 Å². The van der Waals surface area contributed by atoms with Crippen molar-refractivity contribution in [2.24, 2.45) is 0 Å². The smallest absolute Gasteiger partial charge is 0.266 e. The molecule has 0 aromatic heterocycles. The quantitative estimate of drug-likeness (QED) is 0.372. The van der Waals surface area contributed by atoms with Crippen molar-refractivity contribution in [2.75, 3.05) is 24.5 Å². The van der Waals surface area contributed by atoms with Gasteiger partial charge in [0.2, 0.25) is 0 Å². The Hall–Kier alpha value is -1.33. The van der Waals surface area contributed by atoms with Gasteiger partial charge in [-0.25, -0.2) is 0 Å². The largest absolute Gasteiger partial charge is 0.372 e. The number of benzene rings is 1. The minimum absolute atomic E-state index is 0.0499. The second kappa shape index (κ2) is 9.23. The van der Waals surface area contributed by atoms with Gasteiger partial charge in [0.25, 0.3) is 5.91 Å². The summed E-state index contributed by atoms with van der Waals surface area (Å²) in [5.74, 6) is 0.0499. The van der Waals surface area contributed by atoms with E-state index in [2.05, 4.69) is 49.9 Å². The molecule has 1 aliphatic heterocycles. The molecule has 0 aliphatic carbocycles. The van der Waals surface area contributed by atoms with Crippen LogP contribution in [0.25, 0.3) is 6.08 Å². The summed E-state index contributed by atoms with van der Waals surface area (Å²) in [6.07, 6.45) is 5.23. The molecule has 0 spiro atoms. The predicted octanol–water partition coefficient (Wildman–Crippen LogP) is 4.92. The van der Waals surface area contributed by atoms with Crippen LogP contribution in [0.2, 0.25) is 0 Å². The van der Waals surface area contributed by atoms with E-state index >= 15 is 0 Å². The number of hydrogen-bond acceptors (Lipinski definition) is 4. The molecule has 1 saturated heterocycles. The van der Waals surface area contributed by atoms with Gasteiger partial charge in [0.1, 0.15) is 4.32 Å². The molecule has 0 atom stereocenters. The van der Waals surface area contributed by atoms with Crippen LogP contribution in [-0.4, -0.2) is 34.8 Å². The molecule has 0 bridgehead atoms. The first-order valence-corrected chi connectivity index (χ1v) is 9.93. The van der Waals surface area contributed by atoms with Crippen molar-refractivity contribution in [2.45, 2.75) is 40.0 Å². The average Bonchev–Trinajstić information content (AvgIpc) is 2.85. The van der Waals surface area contributed by atoms with E-state index in [1.54, 1.807) is 4.90 Å². The first kappa shape index (κ1) is 19.0. The molecule has 1 amide bonds. The number of thioether (sulfide) groups is 1. The normalized spacial score (nSPS) is 16.3. The lowest BCUT2D eigenvalue weighted by Crippen LogP contribution is -2.28. The molecule has 0 N–H and O–H groups in total. The fourth-order valence-corrected chi connectivity index (χ4v) is 4.04. The van der Waals surface area contributed by atoms with Gasteiger partial charge in [-0.2, -0.15) is 0 Å². The molecule has 0 unspecified atom stereocenters. The SMILES string of the molecule is CCCCCN1C(=O)/C(=C/c2ccc(N(CC)CC)cc2)SC1=S. The summed E-state index contributed by atoms with van der Waals surface area (Å²) in [4.78, 5) is 17.3. The molecule has 0 saturated carbocycles. The maximum Gasteiger partial charge on any atom is 0.266 e. The van der Waals surface area contributed by atoms with Crippen molar-refractivity contribution in [3.8, 4) is 0 Å². The van der Waals surface area contributed by atoms with Gasteiger partial charge in [0, 0.05) is 25.3 Å². The van der Waals surface area contributed by atoms with Crippen LogP contribution in [-0.2, 0) is 4.79 Å². The van der Waals surface area contributed by atoms with Crippen LogP contribution in [0.1, 0.15) is 45.6 Å². The van der Waals surface area contributed by atoms with Crippen molar-refractivity contribution in [1.82, 2.24) is 4.90 Å². The van der Waals surface area contributed by atoms with Crippen LogP contribution in [0, 0.1) is 0 Å². The second-order valence-electron chi connectivity index (χ2n) is 5.80. The van der Waals surface area contributed by atoms with Crippen LogP contribution in [0.4, 0.5) is 5.69 Å². The summed E-state index contributed by atoms with van der Waals surface area (Å²) in [6.45, 7) is 9.18. The molecule has 0 radical (unpaired) electrons. The molecular formula is C19H26N2OS2. The molecule has 1 heterocycles. The van der Waals surface area contributed by atoms with Crippen LogP contribution in [0.5, 0.6) is 0 Å². The van der Waals surface area contributed by atoms with Gasteiger partial charge in [-0.05, 0) is 44.0 Å². The third-order valence-corrected chi connectivity index (χ3v) is 5.56. The number of thiocarbonyl (C=S) groups is 1. The number of anilines is 1. The van der Waals surface area contributed by atoms with Crippen LogP contribution in [0.15, 0.2) is 29.2 Å². The Morgan fingerprint density at radius 3 is 2.38 bits per heavy atom. The Balaban J connectivity index is 2.08. The van der Waals surface area contributed by atoms with Gasteiger partial charge in [0.05, 0.1) is 4.91 Å². The first-order chi connectivity index (χ1) is 11.6. The van der Waals surface area contributed by atoms with Crippen LogP contribution < -0.4 is 4.90 Å². The molecule has 1 aliphatic rings. The zero-order valence-corrected chi connectivity index (χ0v) is 16.4. The molecule has 1 aromatic carbocycles. The highest BCUT2D eigenvalue weighted by atomic mass is 32.2. The van der Waals surface area contributed by atoms with Gasteiger partial charge in [-0.1, -0.05) is 55.9 Å². The highest BCUT2D eigenvalue weighted by Crippen LogP contribution is 2.33. The third-order valence-electron chi connectivity index (χ3n) is 4.18. The Bertz CT molecular complexity index is 606. The molecule has 1 fully saturated rings. The number of nitrogens with zero attached hydrogens (tertiary/aromatic N) is 2. The van der Waals surface area contributed by atoms with Crippen LogP contribution >= 0.6 is 24.0 Å². The topological polar surface area (TPSA) is 23.6 Å². The molecule has 3 nitrogen and oxygen atoms in total. The second-order valence-corrected chi connectivity index (χ2v) is 7.48. The third kappa shape index (κ3) is 4.61. The van der Waals surface area contributed by atoms with Crippen LogP contribution in [0.3, 0.4) is 0 Å². The lowest BCUT2D eigenvalue weighted by Gasteiger charge is -2.20. The summed E-state index contributed by atoms with van der Waals surface area (Å²) in [5.41, 5.74) is 2.25.